The number of sulfonamides is 1. The molecular weight excluding hydrogens is 426 g/mol. The number of esters is 1. The van der Waals surface area contributed by atoms with Crippen molar-refractivity contribution in [2.75, 3.05) is 11.3 Å². The summed E-state index contributed by atoms with van der Waals surface area (Å²) in [5, 5.41) is 0.167. The Labute approximate surface area is 151 Å². The second-order valence-corrected chi connectivity index (χ2v) is 9.21. The Morgan fingerprint density at radius 1 is 1.30 bits per heavy atom. The van der Waals surface area contributed by atoms with Crippen LogP contribution in [0, 0.1) is 0 Å². The van der Waals surface area contributed by atoms with Gasteiger partial charge in [0.2, 0.25) is 0 Å². The number of thiophene rings is 1. The van der Waals surface area contributed by atoms with Crippen LogP contribution < -0.4 is 4.72 Å². The number of halogens is 2. The SMILES string of the molecule is C=C(Cl)COC(=O)c1ccccc1NS(=O)(=O)c1ccc(Br)s1. The third kappa shape index (κ3) is 4.81. The zero-order valence-corrected chi connectivity index (χ0v) is 15.6. The molecule has 2 rings (SSSR count). The van der Waals surface area contributed by atoms with E-state index in [0.29, 0.717) is 3.79 Å². The molecule has 0 amide bonds. The standard InChI is InChI=1S/C14H11BrClNO4S2/c1-9(16)8-21-14(18)10-4-2-3-5-11(10)17-23(19,20)13-7-6-12(15)22-13/h2-7,17H,1,8H2. The van der Waals surface area contributed by atoms with Gasteiger partial charge in [0.25, 0.3) is 10.0 Å². The Morgan fingerprint density at radius 2 is 2.00 bits per heavy atom. The first-order chi connectivity index (χ1) is 10.8. The minimum Gasteiger partial charge on any atom is -0.456 e. The smallest absolute Gasteiger partial charge is 0.340 e. The highest BCUT2D eigenvalue weighted by atomic mass is 79.9. The van der Waals surface area contributed by atoms with Gasteiger partial charge in [0.05, 0.1) is 15.0 Å². The van der Waals surface area contributed by atoms with Crippen molar-refractivity contribution in [3.05, 3.63) is 57.4 Å². The third-order valence-corrected chi connectivity index (χ3v) is 6.15. The molecule has 1 N–H and O–H groups in total. The largest absolute Gasteiger partial charge is 0.456 e. The molecule has 0 fully saturated rings. The molecule has 1 aromatic carbocycles. The number of nitrogens with one attached hydrogen (secondary N) is 1. The maximum Gasteiger partial charge on any atom is 0.340 e. The molecule has 0 aliphatic carbocycles. The van der Waals surface area contributed by atoms with Crippen LogP contribution in [0.3, 0.4) is 0 Å². The number of hydrogen-bond acceptors (Lipinski definition) is 5. The minimum absolute atomic E-state index is 0.0876. The van der Waals surface area contributed by atoms with Gasteiger partial charge in [-0.1, -0.05) is 30.3 Å². The summed E-state index contributed by atoms with van der Waals surface area (Å²) in [5.41, 5.74) is 0.215. The van der Waals surface area contributed by atoms with E-state index in [0.717, 1.165) is 11.3 Å². The fourth-order valence-electron chi connectivity index (χ4n) is 1.61. The molecule has 0 atom stereocenters. The van der Waals surface area contributed by atoms with Crippen molar-refractivity contribution >= 4 is 60.5 Å². The zero-order valence-electron chi connectivity index (χ0n) is 11.6. The number of benzene rings is 1. The van der Waals surface area contributed by atoms with Gasteiger partial charge in [-0.25, -0.2) is 13.2 Å². The van der Waals surface area contributed by atoms with E-state index >= 15 is 0 Å². The topological polar surface area (TPSA) is 72.5 Å². The van der Waals surface area contributed by atoms with E-state index < -0.39 is 16.0 Å². The second-order valence-electron chi connectivity index (χ2n) is 4.30. The van der Waals surface area contributed by atoms with E-state index in [-0.39, 0.29) is 27.1 Å². The molecule has 5 nitrogen and oxygen atoms in total. The second kappa shape index (κ2) is 7.48. The third-order valence-electron chi connectivity index (χ3n) is 2.56. The van der Waals surface area contributed by atoms with E-state index in [9.17, 15) is 13.2 Å². The van der Waals surface area contributed by atoms with E-state index in [1.807, 2.05) is 0 Å². The van der Waals surface area contributed by atoms with E-state index in [1.54, 1.807) is 18.2 Å². The van der Waals surface area contributed by atoms with Crippen LogP contribution in [-0.4, -0.2) is 21.0 Å². The van der Waals surface area contributed by atoms with Crippen molar-refractivity contribution in [1.82, 2.24) is 0 Å². The van der Waals surface area contributed by atoms with Gasteiger partial charge in [-0.05, 0) is 40.2 Å². The molecule has 0 saturated heterocycles. The number of anilines is 1. The average Bonchev–Trinajstić information content (AvgIpc) is 2.92. The zero-order chi connectivity index (χ0) is 17.0. The van der Waals surface area contributed by atoms with E-state index in [2.05, 4.69) is 27.2 Å². The van der Waals surface area contributed by atoms with Crippen molar-refractivity contribution in [2.24, 2.45) is 0 Å². The quantitative estimate of drug-likeness (QED) is 0.688. The molecule has 0 bridgehead atoms. The van der Waals surface area contributed by atoms with Crippen LogP contribution in [0.25, 0.3) is 0 Å². The Morgan fingerprint density at radius 3 is 2.61 bits per heavy atom. The van der Waals surface area contributed by atoms with Gasteiger partial charge in [0.1, 0.15) is 10.8 Å². The number of carbonyl (C=O) groups is 1. The summed E-state index contributed by atoms with van der Waals surface area (Å²) in [7, 11) is -3.79. The lowest BCUT2D eigenvalue weighted by Crippen LogP contribution is -2.16. The first-order valence-corrected chi connectivity index (χ1v) is 9.64. The van der Waals surface area contributed by atoms with Crippen molar-refractivity contribution < 1.29 is 17.9 Å². The average molecular weight is 437 g/mol. The summed E-state index contributed by atoms with van der Waals surface area (Å²) in [4.78, 5) is 12.0. The molecule has 0 aliphatic rings. The maximum absolute atomic E-state index is 12.3. The van der Waals surface area contributed by atoms with Crippen molar-refractivity contribution in [2.45, 2.75) is 4.21 Å². The fourth-order valence-corrected chi connectivity index (χ4v) is 4.75. The molecule has 0 aliphatic heterocycles. The fraction of sp³-hybridized carbons (Fsp3) is 0.0714. The van der Waals surface area contributed by atoms with Crippen LogP contribution in [0.1, 0.15) is 10.4 Å². The van der Waals surface area contributed by atoms with Gasteiger partial charge in [-0.3, -0.25) is 4.72 Å². The summed E-state index contributed by atoms with van der Waals surface area (Å²) in [6.07, 6.45) is 0. The molecule has 0 radical (unpaired) electrons. The molecular formula is C14H11BrClNO4S2. The van der Waals surface area contributed by atoms with Crippen LogP contribution in [0.5, 0.6) is 0 Å². The molecule has 122 valence electrons. The molecule has 1 aromatic heterocycles. The first-order valence-electron chi connectivity index (χ1n) is 6.17. The van der Waals surface area contributed by atoms with Crippen LogP contribution >= 0.6 is 38.9 Å². The summed E-state index contributed by atoms with van der Waals surface area (Å²) in [6, 6.07) is 9.25. The van der Waals surface area contributed by atoms with Crippen LogP contribution in [0.4, 0.5) is 5.69 Å². The normalized spacial score (nSPS) is 11.0. The first kappa shape index (κ1) is 18.0. The number of rotatable bonds is 6. The highest BCUT2D eigenvalue weighted by molar-refractivity contribution is 9.11. The van der Waals surface area contributed by atoms with Crippen molar-refractivity contribution in [3.8, 4) is 0 Å². The highest BCUT2D eigenvalue weighted by Crippen LogP contribution is 2.28. The van der Waals surface area contributed by atoms with Crippen molar-refractivity contribution in [3.63, 3.8) is 0 Å². The highest BCUT2D eigenvalue weighted by Gasteiger charge is 2.20. The molecule has 9 heteroatoms. The lowest BCUT2D eigenvalue weighted by Gasteiger charge is -2.11. The van der Waals surface area contributed by atoms with Gasteiger partial charge in [0.15, 0.2) is 0 Å². The molecule has 0 saturated carbocycles. The van der Waals surface area contributed by atoms with Gasteiger partial charge < -0.3 is 4.74 Å². The van der Waals surface area contributed by atoms with Gasteiger partial charge >= 0.3 is 5.97 Å². The maximum atomic E-state index is 12.3. The minimum atomic E-state index is -3.79. The monoisotopic (exact) mass is 435 g/mol. The Hall–Kier alpha value is -1.35. The molecule has 0 unspecified atom stereocenters. The number of para-hydroxylation sites is 1. The Kier molecular flexibility index (Phi) is 5.85. The molecule has 2 aromatic rings. The van der Waals surface area contributed by atoms with Crippen LogP contribution in [-0.2, 0) is 14.8 Å². The van der Waals surface area contributed by atoms with Gasteiger partial charge in [0, 0.05) is 5.03 Å². The van der Waals surface area contributed by atoms with E-state index in [4.69, 9.17) is 16.3 Å². The van der Waals surface area contributed by atoms with Gasteiger partial charge in [-0.15, -0.1) is 11.3 Å². The number of hydrogen-bond donors (Lipinski definition) is 1. The lowest BCUT2D eigenvalue weighted by atomic mass is 10.2. The van der Waals surface area contributed by atoms with E-state index in [1.165, 1.54) is 18.2 Å². The Bertz CT molecular complexity index is 848. The number of ether oxygens (including phenoxy) is 1. The summed E-state index contributed by atoms with van der Waals surface area (Å²) in [6.45, 7) is 3.26. The number of carbonyl (C=O) groups excluding carboxylic acids is 1. The molecule has 1 heterocycles. The summed E-state index contributed by atoms with van der Waals surface area (Å²) in [5.74, 6) is -0.697. The van der Waals surface area contributed by atoms with Crippen molar-refractivity contribution in [1.29, 1.82) is 0 Å². The lowest BCUT2D eigenvalue weighted by molar-refractivity contribution is 0.0547. The van der Waals surface area contributed by atoms with Crippen LogP contribution in [0.2, 0.25) is 0 Å². The van der Waals surface area contributed by atoms with Crippen LogP contribution in [0.15, 0.2) is 56.0 Å². The predicted octanol–water partition coefficient (Wildman–Crippen LogP) is 4.22. The summed E-state index contributed by atoms with van der Waals surface area (Å²) >= 11 is 9.83. The predicted molar refractivity (Wildman–Crippen MR) is 94.5 cm³/mol. The molecule has 23 heavy (non-hydrogen) atoms. The molecule has 0 spiro atoms. The van der Waals surface area contributed by atoms with Gasteiger partial charge in [-0.2, -0.15) is 0 Å². The Balaban J connectivity index is 2.27. The summed E-state index contributed by atoms with van der Waals surface area (Å²) < 4.78 is 32.8.